The largest absolute Gasteiger partial charge is 0.454 e. The molecule has 2 N–H and O–H groups in total. The van der Waals surface area contributed by atoms with E-state index >= 15 is 0 Å². The molecule has 0 unspecified atom stereocenters. The van der Waals surface area contributed by atoms with Gasteiger partial charge in [-0.3, -0.25) is 0 Å². The zero-order valence-corrected chi connectivity index (χ0v) is 11.4. The molecule has 0 radical (unpaired) electrons. The Kier molecular flexibility index (Phi) is 3.55. The molecule has 1 aliphatic rings. The Hall–Kier alpha value is -2.44. The van der Waals surface area contributed by atoms with Gasteiger partial charge in [0.2, 0.25) is 0 Å². The summed E-state index contributed by atoms with van der Waals surface area (Å²) in [5, 5.41) is 8.13. The number of rotatable bonds is 3. The van der Waals surface area contributed by atoms with E-state index in [2.05, 4.69) is 10.2 Å². The number of nitrogens with two attached hydrogens (primary N) is 1. The molecule has 0 saturated carbocycles. The predicted octanol–water partition coefficient (Wildman–Crippen LogP) is 1.69. The Bertz CT molecular complexity index is 684. The number of carbonyl (C=O) groups excluding carboxylic acids is 1. The van der Waals surface area contributed by atoms with Crippen LogP contribution in [0.2, 0.25) is 0 Å². The second kappa shape index (κ2) is 5.51. The Labute approximate surface area is 120 Å². The molecular weight excluding hydrogens is 275 g/mol. The van der Waals surface area contributed by atoms with Crippen molar-refractivity contribution in [3.8, 4) is 0 Å². The highest BCUT2D eigenvalue weighted by Gasteiger charge is 2.17. The fourth-order valence-electron chi connectivity index (χ4n) is 2.36. The van der Waals surface area contributed by atoms with Gasteiger partial charge in [0, 0.05) is 13.0 Å². The Morgan fingerprint density at radius 1 is 1.38 bits per heavy atom. The van der Waals surface area contributed by atoms with Crippen molar-refractivity contribution in [1.82, 2.24) is 14.8 Å². The van der Waals surface area contributed by atoms with Crippen LogP contribution >= 0.6 is 0 Å². The number of fused-ring (bicyclic) bond motifs is 1. The smallest absolute Gasteiger partial charge is 0.338 e. The number of hydrogen-bond acceptors (Lipinski definition) is 5. The van der Waals surface area contributed by atoms with Crippen molar-refractivity contribution in [2.24, 2.45) is 0 Å². The molecule has 0 spiro atoms. The second-order valence-electron chi connectivity index (χ2n) is 4.95. The highest BCUT2D eigenvalue weighted by Crippen LogP contribution is 2.16. The number of carbonyl (C=O) groups is 1. The van der Waals surface area contributed by atoms with Crippen LogP contribution in [0.3, 0.4) is 0 Å². The lowest BCUT2D eigenvalue weighted by Gasteiger charge is -2.14. The van der Waals surface area contributed by atoms with Crippen LogP contribution < -0.4 is 5.73 Å². The predicted molar refractivity (Wildman–Crippen MR) is 72.9 cm³/mol. The first kappa shape index (κ1) is 13.5. The summed E-state index contributed by atoms with van der Waals surface area (Å²) in [7, 11) is 0. The molecule has 2 aromatic rings. The summed E-state index contributed by atoms with van der Waals surface area (Å²) in [6, 6.07) is 3.75. The van der Waals surface area contributed by atoms with Crippen molar-refractivity contribution in [3.05, 3.63) is 41.2 Å². The highest BCUT2D eigenvalue weighted by atomic mass is 19.1. The number of nitrogens with zero attached hydrogens (tertiary/aromatic N) is 3. The van der Waals surface area contributed by atoms with Gasteiger partial charge in [-0.2, -0.15) is 0 Å². The third-order valence-electron chi connectivity index (χ3n) is 3.50. The number of aryl methyl sites for hydroxylation is 1. The molecule has 7 heteroatoms. The summed E-state index contributed by atoms with van der Waals surface area (Å²) >= 11 is 0. The molecule has 3 rings (SSSR count). The molecule has 0 amide bonds. The van der Waals surface area contributed by atoms with E-state index in [4.69, 9.17) is 10.5 Å². The molecule has 6 nitrogen and oxygen atoms in total. The molecule has 1 aromatic carbocycles. The molecule has 1 aliphatic heterocycles. The van der Waals surface area contributed by atoms with Gasteiger partial charge in [0.25, 0.3) is 0 Å². The maximum Gasteiger partial charge on any atom is 0.338 e. The normalized spacial score (nSPS) is 13.8. The van der Waals surface area contributed by atoms with Crippen LogP contribution in [0.25, 0.3) is 0 Å². The Morgan fingerprint density at radius 3 is 3.05 bits per heavy atom. The fourth-order valence-corrected chi connectivity index (χ4v) is 2.36. The van der Waals surface area contributed by atoms with Crippen LogP contribution in [0.5, 0.6) is 0 Å². The number of halogens is 1. The number of ether oxygens (including phenoxy) is 1. The van der Waals surface area contributed by atoms with Gasteiger partial charge in [0.05, 0.1) is 11.3 Å². The number of aromatic nitrogens is 3. The third kappa shape index (κ3) is 2.72. The van der Waals surface area contributed by atoms with E-state index < -0.39 is 11.8 Å². The van der Waals surface area contributed by atoms with Crippen molar-refractivity contribution in [1.29, 1.82) is 0 Å². The molecule has 0 bridgehead atoms. The first-order valence-corrected chi connectivity index (χ1v) is 6.78. The molecule has 110 valence electrons. The van der Waals surface area contributed by atoms with Crippen molar-refractivity contribution in [2.45, 2.75) is 32.4 Å². The van der Waals surface area contributed by atoms with E-state index in [1.165, 1.54) is 12.1 Å². The van der Waals surface area contributed by atoms with Crippen LogP contribution in [0.4, 0.5) is 10.1 Å². The quantitative estimate of drug-likeness (QED) is 0.687. The van der Waals surface area contributed by atoms with Crippen LogP contribution in [-0.4, -0.2) is 20.7 Å². The molecule has 0 atom stereocenters. The van der Waals surface area contributed by atoms with Gasteiger partial charge in [-0.25, -0.2) is 9.18 Å². The van der Waals surface area contributed by atoms with Gasteiger partial charge < -0.3 is 15.0 Å². The summed E-state index contributed by atoms with van der Waals surface area (Å²) in [6.45, 7) is 0.891. The van der Waals surface area contributed by atoms with E-state index in [1.54, 1.807) is 0 Å². The van der Waals surface area contributed by atoms with E-state index in [1.807, 2.05) is 4.57 Å². The number of benzene rings is 1. The van der Waals surface area contributed by atoms with Gasteiger partial charge in [-0.05, 0) is 31.0 Å². The lowest BCUT2D eigenvalue weighted by Crippen LogP contribution is -2.15. The minimum Gasteiger partial charge on any atom is -0.454 e. The van der Waals surface area contributed by atoms with Gasteiger partial charge in [0.15, 0.2) is 12.4 Å². The summed E-state index contributed by atoms with van der Waals surface area (Å²) in [5.41, 5.74) is 5.57. The third-order valence-corrected chi connectivity index (χ3v) is 3.50. The standard InChI is InChI=1S/C14H15FN4O2/c15-10-5-4-9(7-11(10)16)14(20)21-8-13-18-17-12-3-1-2-6-19(12)13/h4-5,7H,1-3,6,8,16H2. The monoisotopic (exact) mass is 290 g/mol. The first-order valence-electron chi connectivity index (χ1n) is 6.78. The maximum absolute atomic E-state index is 13.1. The van der Waals surface area contributed by atoms with Gasteiger partial charge in [0.1, 0.15) is 11.6 Å². The Morgan fingerprint density at radius 2 is 2.24 bits per heavy atom. The van der Waals surface area contributed by atoms with E-state index in [0.29, 0.717) is 5.82 Å². The van der Waals surface area contributed by atoms with Gasteiger partial charge >= 0.3 is 5.97 Å². The SMILES string of the molecule is Nc1cc(C(=O)OCc2nnc3n2CCCC3)ccc1F. The topological polar surface area (TPSA) is 83.0 Å². The van der Waals surface area contributed by atoms with Gasteiger partial charge in [-0.15, -0.1) is 10.2 Å². The fraction of sp³-hybridized carbons (Fsp3) is 0.357. The number of anilines is 1. The minimum atomic E-state index is -0.560. The highest BCUT2D eigenvalue weighted by molar-refractivity contribution is 5.90. The average molecular weight is 290 g/mol. The first-order chi connectivity index (χ1) is 10.1. The van der Waals surface area contributed by atoms with Crippen LogP contribution in [0.1, 0.15) is 34.8 Å². The minimum absolute atomic E-state index is 0.0448. The van der Waals surface area contributed by atoms with E-state index in [9.17, 15) is 9.18 Å². The molecule has 0 fully saturated rings. The molecule has 21 heavy (non-hydrogen) atoms. The zero-order valence-electron chi connectivity index (χ0n) is 11.4. The summed E-state index contributed by atoms with van der Waals surface area (Å²) in [6.07, 6.45) is 3.07. The van der Waals surface area contributed by atoms with Crippen LogP contribution in [0, 0.1) is 5.82 Å². The van der Waals surface area contributed by atoms with Crippen LogP contribution in [0.15, 0.2) is 18.2 Å². The number of nitrogen functional groups attached to an aromatic ring is 1. The molecule has 1 aromatic heterocycles. The number of esters is 1. The van der Waals surface area contributed by atoms with E-state index in [0.717, 1.165) is 37.7 Å². The molecule has 0 aliphatic carbocycles. The average Bonchev–Trinajstić information content (AvgIpc) is 2.91. The second-order valence-corrected chi connectivity index (χ2v) is 4.95. The molecule has 2 heterocycles. The molecular formula is C14H15FN4O2. The maximum atomic E-state index is 13.1. The van der Waals surface area contributed by atoms with Crippen molar-refractivity contribution in [2.75, 3.05) is 5.73 Å². The summed E-state index contributed by atoms with van der Waals surface area (Å²) < 4.78 is 20.2. The summed E-state index contributed by atoms with van der Waals surface area (Å²) in [4.78, 5) is 11.9. The molecule has 0 saturated heterocycles. The van der Waals surface area contributed by atoms with Crippen molar-refractivity contribution < 1.29 is 13.9 Å². The van der Waals surface area contributed by atoms with Crippen molar-refractivity contribution in [3.63, 3.8) is 0 Å². The van der Waals surface area contributed by atoms with Gasteiger partial charge in [-0.1, -0.05) is 0 Å². The van der Waals surface area contributed by atoms with Crippen LogP contribution in [-0.2, 0) is 24.3 Å². The van der Waals surface area contributed by atoms with Crippen molar-refractivity contribution >= 4 is 11.7 Å². The Balaban J connectivity index is 1.68. The summed E-state index contributed by atoms with van der Waals surface area (Å²) in [5.74, 6) is 0.444. The lowest BCUT2D eigenvalue weighted by atomic mass is 10.2. The number of hydrogen-bond donors (Lipinski definition) is 1. The zero-order chi connectivity index (χ0) is 14.8. The lowest BCUT2D eigenvalue weighted by molar-refractivity contribution is 0.0457. The van der Waals surface area contributed by atoms with E-state index in [-0.39, 0.29) is 17.9 Å².